The number of carbonyl (C=O) groups is 1. The Bertz CT molecular complexity index is 441. The van der Waals surface area contributed by atoms with Crippen LogP contribution in [0.15, 0.2) is 24.3 Å². The first kappa shape index (κ1) is 15.2. The maximum atomic E-state index is 11.7. The zero-order chi connectivity index (χ0) is 13.9. The zero-order valence-electron chi connectivity index (χ0n) is 11.1. The summed E-state index contributed by atoms with van der Waals surface area (Å²) in [5.41, 5.74) is 1.04. The molecule has 1 aromatic rings. The molecule has 1 amide bonds. The standard InChI is InChI=1S/C14H19N3O2/c1-19-10-4-8-16-9-7-14(18)17-13-6-3-2-5-12(13)11-15/h2-3,5-6,16H,4,7-10H2,1H3,(H,17,18). The van der Waals surface area contributed by atoms with Gasteiger partial charge in [0.15, 0.2) is 0 Å². The lowest BCUT2D eigenvalue weighted by molar-refractivity contribution is -0.116. The van der Waals surface area contributed by atoms with Crippen LogP contribution in [0.1, 0.15) is 18.4 Å². The Hall–Kier alpha value is -1.90. The second-order valence-electron chi connectivity index (χ2n) is 4.05. The predicted molar refractivity (Wildman–Crippen MR) is 73.8 cm³/mol. The highest BCUT2D eigenvalue weighted by Crippen LogP contribution is 2.13. The third-order valence-corrected chi connectivity index (χ3v) is 2.55. The maximum Gasteiger partial charge on any atom is 0.225 e. The van der Waals surface area contributed by atoms with Gasteiger partial charge in [0.05, 0.1) is 11.3 Å². The van der Waals surface area contributed by atoms with Crippen molar-refractivity contribution < 1.29 is 9.53 Å². The number of hydrogen-bond donors (Lipinski definition) is 2. The lowest BCUT2D eigenvalue weighted by Gasteiger charge is -2.07. The van der Waals surface area contributed by atoms with E-state index in [0.717, 1.165) is 19.6 Å². The molecule has 0 heterocycles. The molecule has 0 spiro atoms. The minimum Gasteiger partial charge on any atom is -0.385 e. The van der Waals surface area contributed by atoms with Crippen molar-refractivity contribution in [2.45, 2.75) is 12.8 Å². The summed E-state index contributed by atoms with van der Waals surface area (Å²) in [5.74, 6) is -0.0954. The van der Waals surface area contributed by atoms with Crippen LogP contribution in [0, 0.1) is 11.3 Å². The smallest absolute Gasteiger partial charge is 0.225 e. The molecule has 2 N–H and O–H groups in total. The summed E-state index contributed by atoms with van der Waals surface area (Å²) in [6.07, 6.45) is 1.31. The van der Waals surface area contributed by atoms with Crippen LogP contribution in [-0.4, -0.2) is 32.7 Å². The highest BCUT2D eigenvalue weighted by Gasteiger charge is 2.05. The first-order chi connectivity index (χ1) is 9.27. The van der Waals surface area contributed by atoms with Gasteiger partial charge in [0.1, 0.15) is 6.07 Å². The van der Waals surface area contributed by atoms with E-state index < -0.39 is 0 Å². The number of nitrogens with zero attached hydrogens (tertiary/aromatic N) is 1. The maximum absolute atomic E-state index is 11.7. The molecule has 0 saturated heterocycles. The van der Waals surface area contributed by atoms with Crippen molar-refractivity contribution in [3.8, 4) is 6.07 Å². The summed E-state index contributed by atoms with van der Waals surface area (Å²) in [6, 6.07) is 9.01. The molecule has 5 heteroatoms. The molecule has 5 nitrogen and oxygen atoms in total. The summed E-state index contributed by atoms with van der Waals surface area (Å²) in [7, 11) is 1.67. The Kier molecular flexibility index (Phi) is 7.25. The summed E-state index contributed by atoms with van der Waals surface area (Å²) < 4.78 is 4.92. The van der Waals surface area contributed by atoms with Crippen molar-refractivity contribution in [2.75, 3.05) is 32.1 Å². The Morgan fingerprint density at radius 1 is 1.37 bits per heavy atom. The number of para-hydroxylation sites is 1. The summed E-state index contributed by atoms with van der Waals surface area (Å²) >= 11 is 0. The first-order valence-corrected chi connectivity index (χ1v) is 6.26. The zero-order valence-corrected chi connectivity index (χ0v) is 11.1. The number of anilines is 1. The van der Waals surface area contributed by atoms with Gasteiger partial charge in [0.25, 0.3) is 0 Å². The van der Waals surface area contributed by atoms with Gasteiger partial charge in [-0.05, 0) is 25.1 Å². The van der Waals surface area contributed by atoms with Gasteiger partial charge >= 0.3 is 0 Å². The van der Waals surface area contributed by atoms with Crippen molar-refractivity contribution in [1.82, 2.24) is 5.32 Å². The molecule has 0 aliphatic rings. The Balaban J connectivity index is 2.26. The van der Waals surface area contributed by atoms with Gasteiger partial charge < -0.3 is 15.4 Å². The second kappa shape index (κ2) is 9.09. The van der Waals surface area contributed by atoms with Crippen LogP contribution >= 0.6 is 0 Å². The van der Waals surface area contributed by atoms with Gasteiger partial charge in [0, 0.05) is 26.7 Å². The molecule has 0 atom stereocenters. The SMILES string of the molecule is COCCCNCCC(=O)Nc1ccccc1C#N. The van der Waals surface area contributed by atoms with Crippen LogP contribution in [0.5, 0.6) is 0 Å². The number of carbonyl (C=O) groups excluding carboxylic acids is 1. The molecule has 1 aromatic carbocycles. The number of nitriles is 1. The molecule has 0 aromatic heterocycles. The molecule has 0 aliphatic heterocycles. The van der Waals surface area contributed by atoms with E-state index in [0.29, 0.717) is 24.2 Å². The molecule has 1 rings (SSSR count). The lowest BCUT2D eigenvalue weighted by Crippen LogP contribution is -2.23. The number of rotatable bonds is 8. The van der Waals surface area contributed by atoms with Crippen molar-refractivity contribution in [3.63, 3.8) is 0 Å². The third-order valence-electron chi connectivity index (χ3n) is 2.55. The van der Waals surface area contributed by atoms with Crippen molar-refractivity contribution >= 4 is 11.6 Å². The summed E-state index contributed by atoms with van der Waals surface area (Å²) in [4.78, 5) is 11.7. The molecule has 19 heavy (non-hydrogen) atoms. The van der Waals surface area contributed by atoms with E-state index in [-0.39, 0.29) is 5.91 Å². The molecular weight excluding hydrogens is 242 g/mol. The molecular formula is C14H19N3O2. The number of amides is 1. The Morgan fingerprint density at radius 2 is 2.16 bits per heavy atom. The minimum atomic E-state index is -0.0954. The van der Waals surface area contributed by atoms with Gasteiger partial charge in [-0.2, -0.15) is 5.26 Å². The third kappa shape index (κ3) is 6.00. The molecule has 0 radical (unpaired) electrons. The van der Waals surface area contributed by atoms with Gasteiger partial charge in [-0.3, -0.25) is 4.79 Å². The lowest BCUT2D eigenvalue weighted by atomic mass is 10.2. The number of hydrogen-bond acceptors (Lipinski definition) is 4. The fourth-order valence-electron chi connectivity index (χ4n) is 1.57. The highest BCUT2D eigenvalue weighted by atomic mass is 16.5. The topological polar surface area (TPSA) is 74.2 Å². The van der Waals surface area contributed by atoms with E-state index in [1.807, 2.05) is 6.07 Å². The first-order valence-electron chi connectivity index (χ1n) is 6.26. The summed E-state index contributed by atoms with van der Waals surface area (Å²) in [5, 5.41) is 14.8. The average Bonchev–Trinajstić information content (AvgIpc) is 2.43. The Morgan fingerprint density at radius 3 is 2.89 bits per heavy atom. The van der Waals surface area contributed by atoms with E-state index in [1.54, 1.807) is 31.4 Å². The van der Waals surface area contributed by atoms with E-state index in [2.05, 4.69) is 10.6 Å². The summed E-state index contributed by atoms with van der Waals surface area (Å²) in [6.45, 7) is 2.16. The molecule has 0 saturated carbocycles. The van der Waals surface area contributed by atoms with Crippen LogP contribution < -0.4 is 10.6 Å². The Labute approximate surface area is 113 Å². The van der Waals surface area contributed by atoms with Crippen LogP contribution in [0.4, 0.5) is 5.69 Å². The normalized spacial score (nSPS) is 9.89. The quantitative estimate of drug-likeness (QED) is 0.696. The number of methoxy groups -OCH3 is 1. The molecule has 0 bridgehead atoms. The fraction of sp³-hybridized carbons (Fsp3) is 0.429. The van der Waals surface area contributed by atoms with E-state index in [4.69, 9.17) is 10.00 Å². The van der Waals surface area contributed by atoms with E-state index in [9.17, 15) is 4.79 Å². The van der Waals surface area contributed by atoms with Gasteiger partial charge in [-0.15, -0.1) is 0 Å². The minimum absolute atomic E-state index is 0.0954. The second-order valence-corrected chi connectivity index (χ2v) is 4.05. The monoisotopic (exact) mass is 261 g/mol. The van der Waals surface area contributed by atoms with Crippen LogP contribution in [0.3, 0.4) is 0 Å². The average molecular weight is 261 g/mol. The predicted octanol–water partition coefficient (Wildman–Crippen LogP) is 1.51. The van der Waals surface area contributed by atoms with Crippen LogP contribution in [0.25, 0.3) is 0 Å². The largest absolute Gasteiger partial charge is 0.385 e. The van der Waals surface area contributed by atoms with Crippen molar-refractivity contribution in [1.29, 1.82) is 5.26 Å². The van der Waals surface area contributed by atoms with Crippen molar-refractivity contribution in [2.24, 2.45) is 0 Å². The van der Waals surface area contributed by atoms with Gasteiger partial charge in [-0.1, -0.05) is 12.1 Å². The number of benzene rings is 1. The molecule has 102 valence electrons. The number of ether oxygens (including phenoxy) is 1. The fourth-order valence-corrected chi connectivity index (χ4v) is 1.57. The van der Waals surface area contributed by atoms with Crippen molar-refractivity contribution in [3.05, 3.63) is 29.8 Å². The highest BCUT2D eigenvalue weighted by molar-refractivity contribution is 5.92. The van der Waals surface area contributed by atoms with Crippen LogP contribution in [-0.2, 0) is 9.53 Å². The van der Waals surface area contributed by atoms with Gasteiger partial charge in [-0.25, -0.2) is 0 Å². The molecule has 0 fully saturated rings. The molecule has 0 unspecified atom stereocenters. The van der Waals surface area contributed by atoms with Gasteiger partial charge in [0.2, 0.25) is 5.91 Å². The molecule has 0 aliphatic carbocycles. The van der Waals surface area contributed by atoms with E-state index >= 15 is 0 Å². The van der Waals surface area contributed by atoms with Crippen LogP contribution in [0.2, 0.25) is 0 Å². The van der Waals surface area contributed by atoms with E-state index in [1.165, 1.54) is 0 Å². The number of nitrogens with one attached hydrogen (secondary N) is 2.